The van der Waals surface area contributed by atoms with Crippen molar-refractivity contribution in [3.05, 3.63) is 0 Å². The molecular weight excluding hydrogens is 268 g/mol. The number of carbonyl (C=O) groups excluding carboxylic acids is 2. The highest BCUT2D eigenvalue weighted by atomic mass is 16.6. The van der Waals surface area contributed by atoms with Crippen molar-refractivity contribution in [2.45, 2.75) is 65.4 Å². The van der Waals surface area contributed by atoms with Crippen LogP contribution in [0.3, 0.4) is 0 Å². The number of cyclic esters (lactones) is 1. The van der Waals surface area contributed by atoms with E-state index in [1.54, 1.807) is 0 Å². The van der Waals surface area contributed by atoms with Gasteiger partial charge in [0.15, 0.2) is 0 Å². The molecule has 0 spiro atoms. The number of hydrogen-bond donors (Lipinski definition) is 0. The second-order valence-electron chi connectivity index (χ2n) is 6.62. The van der Waals surface area contributed by atoms with Gasteiger partial charge in [-0.25, -0.2) is 0 Å². The number of hydrogen-bond acceptors (Lipinski definition) is 4. The lowest BCUT2D eigenvalue weighted by molar-refractivity contribution is -0.155. The van der Waals surface area contributed by atoms with Gasteiger partial charge in [-0.1, -0.05) is 26.7 Å². The first-order valence-corrected chi connectivity index (χ1v) is 8.38. The van der Waals surface area contributed by atoms with Crippen molar-refractivity contribution in [3.63, 3.8) is 0 Å². The molecule has 1 aliphatic heterocycles. The third-order valence-electron chi connectivity index (χ3n) is 5.32. The fourth-order valence-electron chi connectivity index (χ4n) is 4.11. The molecule has 0 amide bonds. The van der Waals surface area contributed by atoms with Gasteiger partial charge in [-0.05, 0) is 43.4 Å². The molecule has 0 N–H and O–H groups in total. The first kappa shape index (κ1) is 16.3. The van der Waals surface area contributed by atoms with Crippen LogP contribution < -0.4 is 0 Å². The van der Waals surface area contributed by atoms with E-state index >= 15 is 0 Å². The lowest BCUT2D eigenvalue weighted by Gasteiger charge is -2.26. The summed E-state index contributed by atoms with van der Waals surface area (Å²) in [5.41, 5.74) is 0. The van der Waals surface area contributed by atoms with Crippen LogP contribution in [0.2, 0.25) is 0 Å². The molecule has 1 heterocycles. The Kier molecular flexibility index (Phi) is 5.65. The molecule has 2 aliphatic rings. The topological polar surface area (TPSA) is 52.6 Å². The average molecular weight is 296 g/mol. The summed E-state index contributed by atoms with van der Waals surface area (Å²) < 4.78 is 10.5. The fraction of sp³-hybridized carbons (Fsp3) is 0.882. The van der Waals surface area contributed by atoms with Gasteiger partial charge in [0, 0.05) is 6.92 Å². The first-order valence-electron chi connectivity index (χ1n) is 8.38. The molecule has 4 heteroatoms. The van der Waals surface area contributed by atoms with Gasteiger partial charge in [0.1, 0.15) is 6.10 Å². The molecule has 5 atom stereocenters. The Labute approximate surface area is 127 Å². The Hall–Kier alpha value is -1.06. The third kappa shape index (κ3) is 3.98. The molecule has 1 aliphatic carbocycles. The minimum absolute atomic E-state index is 0.195. The molecule has 21 heavy (non-hydrogen) atoms. The molecule has 0 radical (unpaired) electrons. The van der Waals surface area contributed by atoms with E-state index in [4.69, 9.17) is 9.47 Å². The van der Waals surface area contributed by atoms with E-state index in [1.807, 2.05) is 0 Å². The Morgan fingerprint density at radius 1 is 1.29 bits per heavy atom. The van der Waals surface area contributed by atoms with Crippen molar-refractivity contribution >= 4 is 11.9 Å². The van der Waals surface area contributed by atoms with E-state index < -0.39 is 0 Å². The van der Waals surface area contributed by atoms with Crippen molar-refractivity contribution in [2.75, 3.05) is 6.61 Å². The van der Waals surface area contributed by atoms with Gasteiger partial charge >= 0.3 is 11.9 Å². The molecule has 0 aromatic rings. The SMILES string of the molecule is CCC1CC(CC)C(CC(OC(C)=O)C2CCOC2=O)C1. The quantitative estimate of drug-likeness (QED) is 0.705. The molecule has 5 unspecified atom stereocenters. The maximum absolute atomic E-state index is 11.8. The van der Waals surface area contributed by atoms with Crippen LogP contribution in [-0.4, -0.2) is 24.6 Å². The van der Waals surface area contributed by atoms with Gasteiger partial charge in [0.05, 0.1) is 12.5 Å². The average Bonchev–Trinajstić information content (AvgIpc) is 3.03. The second-order valence-corrected chi connectivity index (χ2v) is 6.62. The molecule has 0 aromatic carbocycles. The van der Waals surface area contributed by atoms with Gasteiger partial charge in [0.2, 0.25) is 0 Å². The molecule has 1 saturated heterocycles. The minimum atomic E-state index is -0.299. The van der Waals surface area contributed by atoms with Gasteiger partial charge < -0.3 is 9.47 Å². The van der Waals surface area contributed by atoms with E-state index in [-0.39, 0.29) is 24.0 Å². The molecule has 0 aromatic heterocycles. The van der Waals surface area contributed by atoms with E-state index in [0.29, 0.717) is 24.9 Å². The van der Waals surface area contributed by atoms with Gasteiger partial charge in [0.25, 0.3) is 0 Å². The zero-order valence-corrected chi connectivity index (χ0v) is 13.5. The van der Waals surface area contributed by atoms with E-state index in [9.17, 15) is 9.59 Å². The summed E-state index contributed by atoms with van der Waals surface area (Å²) in [7, 11) is 0. The summed E-state index contributed by atoms with van der Waals surface area (Å²) in [6.45, 7) is 6.37. The molecule has 0 bridgehead atoms. The molecular formula is C17H28O4. The van der Waals surface area contributed by atoms with Crippen LogP contribution in [0, 0.1) is 23.7 Å². The van der Waals surface area contributed by atoms with Gasteiger partial charge in [-0.15, -0.1) is 0 Å². The highest BCUT2D eigenvalue weighted by Gasteiger charge is 2.41. The molecule has 120 valence electrons. The smallest absolute Gasteiger partial charge is 0.312 e. The van der Waals surface area contributed by atoms with Crippen molar-refractivity contribution < 1.29 is 19.1 Å². The predicted molar refractivity (Wildman–Crippen MR) is 79.5 cm³/mol. The summed E-state index contributed by atoms with van der Waals surface area (Å²) in [5.74, 6) is 1.31. The predicted octanol–water partition coefficient (Wildman–Crippen LogP) is 3.33. The van der Waals surface area contributed by atoms with E-state index in [0.717, 1.165) is 12.3 Å². The largest absolute Gasteiger partial charge is 0.465 e. The fourth-order valence-corrected chi connectivity index (χ4v) is 4.11. The van der Waals surface area contributed by atoms with Gasteiger partial charge in [-0.2, -0.15) is 0 Å². The first-order chi connectivity index (χ1) is 10.0. The Morgan fingerprint density at radius 2 is 2.00 bits per heavy atom. The standard InChI is InChI=1S/C17H28O4/c1-4-12-8-13(5-2)14(9-12)10-16(21-11(3)18)15-6-7-20-17(15)19/h12-16H,4-10H2,1-3H3. The lowest BCUT2D eigenvalue weighted by Crippen LogP contribution is -2.32. The van der Waals surface area contributed by atoms with Crippen LogP contribution in [0.1, 0.15) is 59.3 Å². The summed E-state index contributed by atoms with van der Waals surface area (Å²) >= 11 is 0. The van der Waals surface area contributed by atoms with Crippen LogP contribution in [0.5, 0.6) is 0 Å². The summed E-state index contributed by atoms with van der Waals surface area (Å²) in [4.78, 5) is 23.2. The lowest BCUT2D eigenvalue weighted by atomic mass is 9.84. The monoisotopic (exact) mass is 296 g/mol. The van der Waals surface area contributed by atoms with Crippen molar-refractivity contribution in [1.29, 1.82) is 0 Å². The van der Waals surface area contributed by atoms with Crippen LogP contribution in [0.25, 0.3) is 0 Å². The molecule has 1 saturated carbocycles. The minimum Gasteiger partial charge on any atom is -0.465 e. The summed E-state index contributed by atoms with van der Waals surface area (Å²) in [6, 6.07) is 0. The van der Waals surface area contributed by atoms with Crippen LogP contribution in [0.15, 0.2) is 0 Å². The number of rotatable bonds is 6. The highest BCUT2D eigenvalue weighted by molar-refractivity contribution is 5.75. The Bertz CT molecular complexity index is 379. The van der Waals surface area contributed by atoms with E-state index in [1.165, 1.54) is 32.6 Å². The summed E-state index contributed by atoms with van der Waals surface area (Å²) in [5, 5.41) is 0. The Balaban J connectivity index is 2.03. The van der Waals surface area contributed by atoms with Crippen molar-refractivity contribution in [2.24, 2.45) is 23.7 Å². The number of ether oxygens (including phenoxy) is 2. The van der Waals surface area contributed by atoms with Crippen molar-refractivity contribution in [3.8, 4) is 0 Å². The number of carbonyl (C=O) groups is 2. The van der Waals surface area contributed by atoms with Gasteiger partial charge in [-0.3, -0.25) is 9.59 Å². The van der Waals surface area contributed by atoms with E-state index in [2.05, 4.69) is 13.8 Å². The third-order valence-corrected chi connectivity index (χ3v) is 5.32. The van der Waals surface area contributed by atoms with Crippen LogP contribution >= 0.6 is 0 Å². The maximum Gasteiger partial charge on any atom is 0.312 e. The molecule has 2 rings (SSSR count). The second kappa shape index (κ2) is 7.28. The number of esters is 2. The highest BCUT2D eigenvalue weighted by Crippen LogP contribution is 2.43. The zero-order chi connectivity index (χ0) is 15.4. The molecule has 2 fully saturated rings. The normalized spacial score (nSPS) is 33.8. The van der Waals surface area contributed by atoms with Crippen LogP contribution in [0.4, 0.5) is 0 Å². The van der Waals surface area contributed by atoms with Crippen molar-refractivity contribution in [1.82, 2.24) is 0 Å². The Morgan fingerprint density at radius 3 is 2.52 bits per heavy atom. The zero-order valence-electron chi connectivity index (χ0n) is 13.5. The summed E-state index contributed by atoms with van der Waals surface area (Å²) in [6.07, 6.45) is 6.06. The molecule has 4 nitrogen and oxygen atoms in total. The van der Waals surface area contributed by atoms with Crippen LogP contribution in [-0.2, 0) is 19.1 Å². The maximum atomic E-state index is 11.8.